The number of nitrogens with zero attached hydrogens (tertiary/aromatic N) is 2. The quantitative estimate of drug-likeness (QED) is 0.0940. The fourth-order valence-corrected chi connectivity index (χ4v) is 7.27. The van der Waals surface area contributed by atoms with Gasteiger partial charge in [0.05, 0.1) is 6.42 Å². The van der Waals surface area contributed by atoms with Gasteiger partial charge in [0.1, 0.15) is 11.9 Å². The number of rotatable bonds is 14. The van der Waals surface area contributed by atoms with Gasteiger partial charge in [-0.05, 0) is 130 Å². The van der Waals surface area contributed by atoms with Crippen molar-refractivity contribution in [1.29, 1.82) is 0 Å². The van der Waals surface area contributed by atoms with Crippen LogP contribution in [0.3, 0.4) is 0 Å². The lowest BCUT2D eigenvalue weighted by Gasteiger charge is -2.28. The topological polar surface area (TPSA) is 204 Å². The van der Waals surface area contributed by atoms with Crippen LogP contribution in [0.1, 0.15) is 72.3 Å². The number of anilines is 1. The van der Waals surface area contributed by atoms with Crippen LogP contribution in [0.4, 0.5) is 5.69 Å². The average Bonchev–Trinajstić information content (AvgIpc) is 3.67. The van der Waals surface area contributed by atoms with E-state index in [0.29, 0.717) is 47.3 Å². The molecule has 6 rings (SSSR count). The summed E-state index contributed by atoms with van der Waals surface area (Å²) in [4.78, 5) is 55.5. The molecule has 3 aromatic carbocycles. The molecule has 0 bridgehead atoms. The van der Waals surface area contributed by atoms with Crippen molar-refractivity contribution in [3.8, 4) is 22.5 Å². The van der Waals surface area contributed by atoms with Crippen LogP contribution in [0.2, 0.25) is 0 Å². The van der Waals surface area contributed by atoms with Gasteiger partial charge in [-0.3, -0.25) is 24.3 Å². The first-order valence-electron chi connectivity index (χ1n) is 18.9. The Morgan fingerprint density at radius 1 is 0.909 bits per heavy atom. The van der Waals surface area contributed by atoms with Crippen molar-refractivity contribution >= 4 is 41.8 Å². The molecule has 2 aliphatic rings. The van der Waals surface area contributed by atoms with E-state index in [2.05, 4.69) is 36.4 Å². The summed E-state index contributed by atoms with van der Waals surface area (Å²) in [5.41, 5.74) is 11.6. The minimum absolute atomic E-state index is 0. The number of halogens is 1. The third-order valence-corrected chi connectivity index (χ3v) is 10.6. The molecule has 1 aromatic heterocycles. The zero-order chi connectivity index (χ0) is 38.0. The van der Waals surface area contributed by atoms with Gasteiger partial charge >= 0.3 is 5.97 Å². The molecular formula is C41H51ClN8O5. The minimum atomic E-state index is -0.912. The van der Waals surface area contributed by atoms with Gasteiger partial charge in [0.25, 0.3) is 5.91 Å². The Bertz CT molecular complexity index is 1920. The molecule has 0 spiro atoms. The zero-order valence-electron chi connectivity index (χ0n) is 31.1. The van der Waals surface area contributed by atoms with Crippen LogP contribution >= 0.6 is 12.4 Å². The highest BCUT2D eigenvalue weighted by molar-refractivity contribution is 5.98. The number of H-pyrrole nitrogens is 1. The number of benzene rings is 3. The molecule has 292 valence electrons. The average molecular weight is 771 g/mol. The number of aromatic nitrogens is 3. The Morgan fingerprint density at radius 2 is 1.60 bits per heavy atom. The Kier molecular flexibility index (Phi) is 14.5. The SMILES string of the molecule is Cc1cc(C(=O)NC2CCNCC2)ccc1-c1ccc(C[C@H](NC(=O)C2CCC(CN)CC2)C(=O)Nc2ccc(-c3n[nH]c(CCC(=O)O)n3)cc2)cc1.Cl. The number of amides is 3. The Morgan fingerprint density at radius 3 is 2.25 bits per heavy atom. The first-order chi connectivity index (χ1) is 26.1. The molecule has 1 saturated carbocycles. The first kappa shape index (κ1) is 41.1. The van der Waals surface area contributed by atoms with Gasteiger partial charge < -0.3 is 32.1 Å². The third kappa shape index (κ3) is 11.2. The molecule has 1 saturated heterocycles. The maximum Gasteiger partial charge on any atom is 0.303 e. The molecule has 2 fully saturated rings. The van der Waals surface area contributed by atoms with Gasteiger partial charge in [-0.25, -0.2) is 4.98 Å². The summed E-state index contributed by atoms with van der Waals surface area (Å²) in [5.74, 6) is -0.258. The molecular weight excluding hydrogens is 720 g/mol. The van der Waals surface area contributed by atoms with Crippen molar-refractivity contribution in [3.63, 3.8) is 0 Å². The lowest BCUT2D eigenvalue weighted by Crippen LogP contribution is -2.48. The number of nitrogens with one attached hydrogen (secondary N) is 5. The van der Waals surface area contributed by atoms with Crippen LogP contribution in [-0.4, -0.2) is 75.7 Å². The Hall–Kier alpha value is -5.11. The van der Waals surface area contributed by atoms with Crippen molar-refractivity contribution in [2.45, 2.75) is 76.8 Å². The summed E-state index contributed by atoms with van der Waals surface area (Å²) < 4.78 is 0. The number of piperidine rings is 1. The number of carbonyl (C=O) groups is 4. The fraction of sp³-hybridized carbons (Fsp3) is 0.415. The van der Waals surface area contributed by atoms with E-state index < -0.39 is 12.0 Å². The highest BCUT2D eigenvalue weighted by atomic mass is 35.5. The second-order valence-corrected chi connectivity index (χ2v) is 14.5. The second-order valence-electron chi connectivity index (χ2n) is 14.5. The number of aryl methyl sites for hydroxylation is 2. The highest BCUT2D eigenvalue weighted by Crippen LogP contribution is 2.29. The van der Waals surface area contributed by atoms with Crippen LogP contribution in [0, 0.1) is 18.8 Å². The normalized spacial score (nSPS) is 17.7. The van der Waals surface area contributed by atoms with E-state index in [9.17, 15) is 19.2 Å². The maximum atomic E-state index is 13.8. The molecule has 55 heavy (non-hydrogen) atoms. The van der Waals surface area contributed by atoms with E-state index in [1.54, 1.807) is 24.3 Å². The van der Waals surface area contributed by atoms with Gasteiger partial charge in [-0.15, -0.1) is 12.4 Å². The largest absolute Gasteiger partial charge is 0.481 e. The first-order valence-corrected chi connectivity index (χ1v) is 18.9. The summed E-state index contributed by atoms with van der Waals surface area (Å²) in [6, 6.07) is 20.1. The van der Waals surface area contributed by atoms with E-state index in [0.717, 1.165) is 73.9 Å². The predicted octanol–water partition coefficient (Wildman–Crippen LogP) is 4.80. The third-order valence-electron chi connectivity index (χ3n) is 10.6. The van der Waals surface area contributed by atoms with E-state index in [1.165, 1.54) is 0 Å². The molecule has 3 amide bonds. The van der Waals surface area contributed by atoms with Crippen molar-refractivity contribution in [1.82, 2.24) is 31.1 Å². The maximum absolute atomic E-state index is 13.8. The summed E-state index contributed by atoms with van der Waals surface area (Å²) in [6.07, 6.45) is 5.62. The van der Waals surface area contributed by atoms with E-state index >= 15 is 0 Å². The lowest BCUT2D eigenvalue weighted by atomic mass is 9.81. The lowest BCUT2D eigenvalue weighted by molar-refractivity contribution is -0.137. The second kappa shape index (κ2) is 19.5. The molecule has 0 unspecified atom stereocenters. The Labute approximate surface area is 327 Å². The fourth-order valence-electron chi connectivity index (χ4n) is 7.27. The van der Waals surface area contributed by atoms with Crippen molar-refractivity contribution < 1.29 is 24.3 Å². The number of carboxylic acid groups (broad SMARTS) is 1. The molecule has 4 aromatic rings. The smallest absolute Gasteiger partial charge is 0.303 e. The van der Waals surface area contributed by atoms with E-state index in [-0.39, 0.29) is 54.9 Å². The van der Waals surface area contributed by atoms with Gasteiger partial charge in [-0.2, -0.15) is 5.10 Å². The number of hydrogen-bond acceptors (Lipinski definition) is 8. The minimum Gasteiger partial charge on any atom is -0.481 e. The van der Waals surface area contributed by atoms with Crippen LogP contribution in [0.15, 0.2) is 66.7 Å². The summed E-state index contributed by atoms with van der Waals surface area (Å²) in [6.45, 7) is 4.44. The molecule has 2 heterocycles. The summed E-state index contributed by atoms with van der Waals surface area (Å²) in [7, 11) is 0. The van der Waals surface area contributed by atoms with Crippen molar-refractivity contribution in [2.24, 2.45) is 17.6 Å². The van der Waals surface area contributed by atoms with Gasteiger partial charge in [0.2, 0.25) is 11.8 Å². The molecule has 1 atom stereocenters. The zero-order valence-corrected chi connectivity index (χ0v) is 31.9. The number of carbonyl (C=O) groups excluding carboxylic acids is 3. The van der Waals surface area contributed by atoms with Crippen LogP contribution < -0.4 is 27.0 Å². The predicted molar refractivity (Wildman–Crippen MR) is 214 cm³/mol. The molecule has 14 heteroatoms. The molecule has 0 radical (unpaired) electrons. The molecule has 13 nitrogen and oxygen atoms in total. The van der Waals surface area contributed by atoms with E-state index in [1.807, 2.05) is 49.4 Å². The van der Waals surface area contributed by atoms with E-state index in [4.69, 9.17) is 10.8 Å². The number of carboxylic acids is 1. The number of hydrogen-bond donors (Lipinski definition) is 7. The summed E-state index contributed by atoms with van der Waals surface area (Å²) >= 11 is 0. The monoisotopic (exact) mass is 770 g/mol. The van der Waals surface area contributed by atoms with Crippen LogP contribution in [0.25, 0.3) is 22.5 Å². The Balaban J connectivity index is 0.00000580. The molecule has 8 N–H and O–H groups in total. The van der Waals surface area contributed by atoms with Crippen LogP contribution in [0.5, 0.6) is 0 Å². The standard InChI is InChI=1S/C41H50N8O5.ClH/c1-25-22-31(40(53)44-33-18-20-43-21-19-33)12-15-34(25)28-6-2-26(3-7-28)23-35(46-39(52)30-8-4-27(24-42)5-9-30)41(54)45-32-13-10-29(11-14-32)38-47-36(48-49-38)16-17-37(50)51;/h2-3,6-7,10-15,22,27,30,33,35,43H,4-5,8-9,16-21,23-24,42H2,1H3,(H,44,53)(H,45,54)(H,46,52)(H,50,51)(H,47,48,49);1H/t27?,30?,35-;/m0./s1. The summed E-state index contributed by atoms with van der Waals surface area (Å²) in [5, 5.41) is 28.4. The number of nitrogens with two attached hydrogens (primary N) is 1. The number of aliphatic carboxylic acids is 1. The molecule has 1 aliphatic heterocycles. The van der Waals surface area contributed by atoms with Crippen LogP contribution in [-0.2, 0) is 27.2 Å². The molecule has 1 aliphatic carbocycles. The van der Waals surface area contributed by atoms with Gasteiger partial charge in [-0.1, -0.05) is 30.3 Å². The van der Waals surface area contributed by atoms with Crippen molar-refractivity contribution in [3.05, 3.63) is 89.2 Å². The van der Waals surface area contributed by atoms with Gasteiger partial charge in [0.15, 0.2) is 5.82 Å². The highest BCUT2D eigenvalue weighted by Gasteiger charge is 2.29. The van der Waals surface area contributed by atoms with Crippen molar-refractivity contribution in [2.75, 3.05) is 25.0 Å². The number of aromatic amines is 1. The van der Waals surface area contributed by atoms with Gasteiger partial charge in [0, 0.05) is 41.6 Å².